The first-order valence-electron chi connectivity index (χ1n) is 7.93. The van der Waals surface area contributed by atoms with Crippen LogP contribution in [0.1, 0.15) is 59.1 Å². The van der Waals surface area contributed by atoms with Crippen molar-refractivity contribution in [3.8, 4) is 0 Å². The lowest BCUT2D eigenvalue weighted by molar-refractivity contribution is 0.0680. The summed E-state index contributed by atoms with van der Waals surface area (Å²) in [5.74, 6) is 0.923. The minimum atomic E-state index is -0.0774. The van der Waals surface area contributed by atoms with Gasteiger partial charge in [0.1, 0.15) is 0 Å². The van der Waals surface area contributed by atoms with Crippen LogP contribution >= 0.6 is 0 Å². The van der Waals surface area contributed by atoms with E-state index in [2.05, 4.69) is 23.2 Å². The Kier molecular flexibility index (Phi) is 4.01. The Hall–Kier alpha value is -2.10. The van der Waals surface area contributed by atoms with Gasteiger partial charge in [-0.1, -0.05) is 31.2 Å². The average molecular weight is 298 g/mol. The molecule has 0 saturated carbocycles. The second kappa shape index (κ2) is 5.95. The van der Waals surface area contributed by atoms with Crippen LogP contribution in [-0.2, 0) is 12.8 Å². The summed E-state index contributed by atoms with van der Waals surface area (Å²) in [4.78, 5) is 18.9. The van der Waals surface area contributed by atoms with Gasteiger partial charge in [-0.3, -0.25) is 4.79 Å². The van der Waals surface area contributed by atoms with Crippen LogP contribution < -0.4 is 0 Å². The number of aryl methyl sites for hydroxylation is 3. The Bertz CT molecular complexity index is 690. The Morgan fingerprint density at radius 3 is 2.91 bits per heavy atom. The lowest BCUT2D eigenvalue weighted by atomic mass is 9.87. The number of aromatic nitrogens is 1. The molecule has 1 aromatic carbocycles. The fourth-order valence-corrected chi connectivity index (χ4v) is 3.23. The number of carbonyl (C=O) groups excluding carboxylic acids is 1. The number of hydrogen-bond donors (Lipinski definition) is 0. The molecule has 3 rings (SSSR count). The Morgan fingerprint density at radius 2 is 2.18 bits per heavy atom. The highest BCUT2D eigenvalue weighted by atomic mass is 16.4. The predicted octanol–water partition coefficient (Wildman–Crippen LogP) is 3.70. The van der Waals surface area contributed by atoms with Gasteiger partial charge in [0, 0.05) is 13.5 Å². The predicted molar refractivity (Wildman–Crippen MR) is 84.8 cm³/mol. The van der Waals surface area contributed by atoms with Gasteiger partial charge in [0.25, 0.3) is 5.91 Å². The molecule has 0 unspecified atom stereocenters. The molecule has 4 nitrogen and oxygen atoms in total. The Balaban J connectivity index is 1.89. The monoisotopic (exact) mass is 298 g/mol. The van der Waals surface area contributed by atoms with Crippen LogP contribution in [0.15, 0.2) is 28.7 Å². The maximum Gasteiger partial charge on any atom is 0.291 e. The molecule has 1 aliphatic carbocycles. The largest absolute Gasteiger partial charge is 0.435 e. The number of nitrogens with zero attached hydrogens (tertiary/aromatic N) is 2. The minimum absolute atomic E-state index is 0.0774. The fourth-order valence-electron chi connectivity index (χ4n) is 3.23. The van der Waals surface area contributed by atoms with Crippen molar-refractivity contribution in [2.45, 2.75) is 45.6 Å². The molecule has 22 heavy (non-hydrogen) atoms. The number of benzene rings is 1. The number of hydrogen-bond acceptors (Lipinski definition) is 3. The second-order valence-electron chi connectivity index (χ2n) is 5.90. The lowest BCUT2D eigenvalue weighted by Gasteiger charge is -2.32. The smallest absolute Gasteiger partial charge is 0.291 e. The van der Waals surface area contributed by atoms with Gasteiger partial charge in [-0.15, -0.1) is 0 Å². The number of fused-ring (bicyclic) bond motifs is 1. The number of rotatable bonds is 3. The van der Waals surface area contributed by atoms with E-state index in [0.29, 0.717) is 23.8 Å². The first-order chi connectivity index (χ1) is 10.6. The van der Waals surface area contributed by atoms with Crippen molar-refractivity contribution in [3.63, 3.8) is 0 Å². The van der Waals surface area contributed by atoms with Gasteiger partial charge in [0.05, 0.1) is 11.7 Å². The van der Waals surface area contributed by atoms with Gasteiger partial charge in [-0.2, -0.15) is 0 Å². The van der Waals surface area contributed by atoms with E-state index in [1.54, 1.807) is 0 Å². The molecule has 0 spiro atoms. The van der Waals surface area contributed by atoms with Crippen LogP contribution in [0, 0.1) is 6.92 Å². The summed E-state index contributed by atoms with van der Waals surface area (Å²) in [6, 6.07) is 8.52. The van der Waals surface area contributed by atoms with E-state index in [1.807, 2.05) is 31.9 Å². The van der Waals surface area contributed by atoms with Crippen LogP contribution in [0.5, 0.6) is 0 Å². The van der Waals surface area contributed by atoms with Crippen molar-refractivity contribution in [2.24, 2.45) is 0 Å². The lowest BCUT2D eigenvalue weighted by Crippen LogP contribution is -2.33. The third-order valence-corrected chi connectivity index (χ3v) is 4.46. The van der Waals surface area contributed by atoms with Gasteiger partial charge in [-0.05, 0) is 37.3 Å². The van der Waals surface area contributed by atoms with Crippen molar-refractivity contribution in [2.75, 3.05) is 7.05 Å². The van der Waals surface area contributed by atoms with E-state index < -0.39 is 0 Å². The summed E-state index contributed by atoms with van der Waals surface area (Å²) in [6.45, 7) is 3.80. The molecule has 0 aliphatic heterocycles. The topological polar surface area (TPSA) is 46.3 Å². The zero-order chi connectivity index (χ0) is 15.7. The zero-order valence-corrected chi connectivity index (χ0v) is 13.4. The molecular weight excluding hydrogens is 276 g/mol. The molecule has 116 valence electrons. The summed E-state index contributed by atoms with van der Waals surface area (Å²) in [6.07, 6.45) is 3.89. The second-order valence-corrected chi connectivity index (χ2v) is 5.90. The molecule has 0 saturated heterocycles. The molecule has 1 aliphatic rings. The maximum absolute atomic E-state index is 12.8. The molecule has 1 atom stereocenters. The summed E-state index contributed by atoms with van der Waals surface area (Å²) in [5, 5.41) is 0. The highest BCUT2D eigenvalue weighted by Gasteiger charge is 2.29. The van der Waals surface area contributed by atoms with Gasteiger partial charge in [0.2, 0.25) is 5.76 Å². The number of amides is 1. The van der Waals surface area contributed by atoms with Gasteiger partial charge in [-0.25, -0.2) is 4.98 Å². The summed E-state index contributed by atoms with van der Waals surface area (Å²) in [5.41, 5.74) is 3.29. The van der Waals surface area contributed by atoms with E-state index in [1.165, 1.54) is 11.1 Å². The summed E-state index contributed by atoms with van der Waals surface area (Å²) < 4.78 is 5.62. The standard InChI is InChI=1S/C18H22N2O2/c1-4-16-19-12(2)17(22-16)18(21)20(3)15-11-7-9-13-8-5-6-10-14(13)15/h5-6,8,10,15H,4,7,9,11H2,1-3H3/t15-/m0/s1. The highest BCUT2D eigenvalue weighted by Crippen LogP contribution is 2.34. The van der Waals surface area contributed by atoms with Crippen LogP contribution in [0.4, 0.5) is 0 Å². The minimum Gasteiger partial charge on any atom is -0.435 e. The molecule has 2 aromatic rings. The van der Waals surface area contributed by atoms with Crippen LogP contribution in [-0.4, -0.2) is 22.8 Å². The quantitative estimate of drug-likeness (QED) is 0.868. The molecule has 0 bridgehead atoms. The number of carbonyl (C=O) groups is 1. The normalized spacial score (nSPS) is 17.1. The fraction of sp³-hybridized carbons (Fsp3) is 0.444. The molecule has 0 radical (unpaired) electrons. The molecule has 1 amide bonds. The van der Waals surface area contributed by atoms with Crippen LogP contribution in [0.2, 0.25) is 0 Å². The van der Waals surface area contributed by atoms with Gasteiger partial charge >= 0.3 is 0 Å². The first-order valence-corrected chi connectivity index (χ1v) is 7.93. The van der Waals surface area contributed by atoms with E-state index in [-0.39, 0.29) is 11.9 Å². The van der Waals surface area contributed by atoms with Gasteiger partial charge < -0.3 is 9.32 Å². The molecule has 0 N–H and O–H groups in total. The van der Waals surface area contributed by atoms with Crippen molar-refractivity contribution < 1.29 is 9.21 Å². The molecule has 1 heterocycles. The van der Waals surface area contributed by atoms with Gasteiger partial charge in [0.15, 0.2) is 5.89 Å². The number of oxazole rings is 1. The third kappa shape index (κ3) is 2.54. The first kappa shape index (κ1) is 14.8. The van der Waals surface area contributed by atoms with Crippen LogP contribution in [0.25, 0.3) is 0 Å². The molecular formula is C18H22N2O2. The van der Waals surface area contributed by atoms with E-state index in [0.717, 1.165) is 19.3 Å². The van der Waals surface area contributed by atoms with Crippen LogP contribution in [0.3, 0.4) is 0 Å². The van der Waals surface area contributed by atoms with E-state index in [9.17, 15) is 4.79 Å². The molecule has 1 aromatic heterocycles. The third-order valence-electron chi connectivity index (χ3n) is 4.46. The maximum atomic E-state index is 12.8. The zero-order valence-electron chi connectivity index (χ0n) is 13.4. The van der Waals surface area contributed by atoms with E-state index in [4.69, 9.17) is 4.42 Å². The summed E-state index contributed by atoms with van der Waals surface area (Å²) in [7, 11) is 1.86. The van der Waals surface area contributed by atoms with E-state index >= 15 is 0 Å². The Labute approximate surface area is 131 Å². The molecule has 0 fully saturated rings. The van der Waals surface area contributed by atoms with Crippen molar-refractivity contribution in [3.05, 3.63) is 52.7 Å². The van der Waals surface area contributed by atoms with Crippen molar-refractivity contribution >= 4 is 5.91 Å². The van der Waals surface area contributed by atoms with Crippen molar-refractivity contribution in [1.29, 1.82) is 0 Å². The summed E-state index contributed by atoms with van der Waals surface area (Å²) >= 11 is 0. The molecule has 4 heteroatoms. The van der Waals surface area contributed by atoms with Crippen molar-refractivity contribution in [1.82, 2.24) is 9.88 Å². The average Bonchev–Trinajstić information content (AvgIpc) is 2.94. The SMILES string of the molecule is CCc1nc(C)c(C(=O)N(C)[C@H]2CCCc3ccccc32)o1. The highest BCUT2D eigenvalue weighted by molar-refractivity contribution is 5.92. The Morgan fingerprint density at radius 1 is 1.41 bits per heavy atom.